The second-order valence-corrected chi connectivity index (χ2v) is 8.26. The maximum absolute atomic E-state index is 12.6. The largest absolute Gasteiger partial charge is 0.369 e. The smallest absolute Gasteiger partial charge is 0.260 e. The minimum absolute atomic E-state index is 0.104. The number of hydrogen-bond acceptors (Lipinski definition) is 6. The zero-order valence-electron chi connectivity index (χ0n) is 18.8. The molecule has 0 atom stereocenters. The van der Waals surface area contributed by atoms with E-state index in [0.29, 0.717) is 29.8 Å². The molecule has 0 amide bonds. The Morgan fingerprint density at radius 3 is 2.32 bits per heavy atom. The highest BCUT2D eigenvalue weighted by molar-refractivity contribution is 5.98. The van der Waals surface area contributed by atoms with E-state index in [2.05, 4.69) is 49.9 Å². The third kappa shape index (κ3) is 4.77. The van der Waals surface area contributed by atoms with Crippen molar-refractivity contribution in [2.24, 2.45) is 0 Å². The molecule has 3 aromatic carbocycles. The van der Waals surface area contributed by atoms with Gasteiger partial charge in [0.1, 0.15) is 0 Å². The van der Waals surface area contributed by atoms with Crippen LogP contribution in [0.15, 0.2) is 71.5 Å². The molecular weight excluding hydrogens is 426 g/mol. The fourth-order valence-corrected chi connectivity index (χ4v) is 4.17. The molecule has 0 unspecified atom stereocenters. The number of nitrogens with zero attached hydrogens (tertiary/aromatic N) is 2. The van der Waals surface area contributed by atoms with Crippen LogP contribution >= 0.6 is 0 Å². The molecular formula is C26H27N7O. The highest BCUT2D eigenvalue weighted by Gasteiger charge is 2.16. The van der Waals surface area contributed by atoms with Crippen molar-refractivity contribution in [2.75, 3.05) is 24.1 Å². The molecule has 0 aliphatic rings. The first-order valence-corrected chi connectivity index (χ1v) is 11.4. The maximum atomic E-state index is 12.6. The fraction of sp³-hybridized carbons (Fsp3) is 0.192. The number of hydrogen-bond donors (Lipinski definition) is 5. The Bertz CT molecular complexity index is 1460. The summed E-state index contributed by atoms with van der Waals surface area (Å²) < 4.78 is 0. The van der Waals surface area contributed by atoms with Gasteiger partial charge in [-0.25, -0.2) is 9.97 Å². The summed E-state index contributed by atoms with van der Waals surface area (Å²) in [6.07, 6.45) is 1.54. The van der Waals surface area contributed by atoms with Crippen LogP contribution in [0.5, 0.6) is 0 Å². The lowest BCUT2D eigenvalue weighted by atomic mass is 10.1. The van der Waals surface area contributed by atoms with Gasteiger partial charge < -0.3 is 21.4 Å². The van der Waals surface area contributed by atoms with Gasteiger partial charge in [0.25, 0.3) is 5.56 Å². The standard InChI is InChI=1S/C26H27N7O/c27-25-31-22-19(12-13-28-16-18-9-5-2-6-10-18)23-21(15-20(22)24(34)33-25)30-26(32-23)29-14-11-17-7-3-1-4-8-17/h1-10,15,28H,11-14,16H2,(H2,29,30,32)(H3,27,31,33,34). The number of nitrogen functional groups attached to an aromatic ring is 1. The molecule has 0 saturated heterocycles. The minimum atomic E-state index is -0.254. The Morgan fingerprint density at radius 2 is 1.56 bits per heavy atom. The van der Waals surface area contributed by atoms with E-state index < -0.39 is 0 Å². The monoisotopic (exact) mass is 453 g/mol. The van der Waals surface area contributed by atoms with Gasteiger partial charge in [0.2, 0.25) is 11.9 Å². The van der Waals surface area contributed by atoms with Crippen molar-refractivity contribution < 1.29 is 0 Å². The average molecular weight is 454 g/mol. The molecule has 0 fully saturated rings. The van der Waals surface area contributed by atoms with Crippen molar-refractivity contribution in [2.45, 2.75) is 19.4 Å². The third-order valence-corrected chi connectivity index (χ3v) is 5.84. The van der Waals surface area contributed by atoms with Crippen LogP contribution in [0.1, 0.15) is 16.7 Å². The van der Waals surface area contributed by atoms with Crippen LogP contribution in [-0.2, 0) is 19.4 Å². The summed E-state index contributed by atoms with van der Waals surface area (Å²) in [7, 11) is 0. The lowest BCUT2D eigenvalue weighted by Crippen LogP contribution is -2.18. The van der Waals surface area contributed by atoms with Gasteiger partial charge in [-0.3, -0.25) is 9.78 Å². The Balaban J connectivity index is 1.40. The highest BCUT2D eigenvalue weighted by Crippen LogP contribution is 2.26. The molecule has 172 valence electrons. The summed E-state index contributed by atoms with van der Waals surface area (Å²) >= 11 is 0. The van der Waals surface area contributed by atoms with Crippen molar-refractivity contribution in [3.63, 3.8) is 0 Å². The second kappa shape index (κ2) is 9.76. The van der Waals surface area contributed by atoms with Crippen LogP contribution < -0.4 is 21.9 Å². The molecule has 0 aliphatic carbocycles. The minimum Gasteiger partial charge on any atom is -0.369 e. The fourth-order valence-electron chi connectivity index (χ4n) is 4.17. The molecule has 5 rings (SSSR count). The first-order chi connectivity index (χ1) is 16.7. The van der Waals surface area contributed by atoms with Crippen LogP contribution in [0.4, 0.5) is 11.9 Å². The number of anilines is 2. The lowest BCUT2D eigenvalue weighted by Gasteiger charge is -2.09. The summed E-state index contributed by atoms with van der Waals surface area (Å²) in [5.41, 5.74) is 11.2. The highest BCUT2D eigenvalue weighted by atomic mass is 16.1. The van der Waals surface area contributed by atoms with Crippen LogP contribution in [0.25, 0.3) is 21.9 Å². The van der Waals surface area contributed by atoms with E-state index in [0.717, 1.165) is 36.1 Å². The van der Waals surface area contributed by atoms with E-state index in [1.165, 1.54) is 11.1 Å². The Morgan fingerprint density at radius 1 is 0.824 bits per heavy atom. The number of aromatic nitrogens is 4. The summed E-state index contributed by atoms with van der Waals surface area (Å²) in [4.78, 5) is 27.8. The third-order valence-electron chi connectivity index (χ3n) is 5.84. The van der Waals surface area contributed by atoms with Gasteiger partial charge in [-0.05, 0) is 36.6 Å². The van der Waals surface area contributed by atoms with Crippen molar-refractivity contribution in [1.29, 1.82) is 0 Å². The van der Waals surface area contributed by atoms with E-state index in [1.54, 1.807) is 6.07 Å². The molecule has 0 aliphatic heterocycles. The summed E-state index contributed by atoms with van der Waals surface area (Å²) in [6.45, 7) is 2.21. The Hall–Kier alpha value is -4.17. The first-order valence-electron chi connectivity index (χ1n) is 11.4. The van der Waals surface area contributed by atoms with Crippen molar-refractivity contribution >= 4 is 33.8 Å². The quantitative estimate of drug-likeness (QED) is 0.218. The number of aromatic amines is 2. The van der Waals surface area contributed by atoms with Gasteiger partial charge >= 0.3 is 0 Å². The van der Waals surface area contributed by atoms with E-state index in [4.69, 9.17) is 10.7 Å². The molecule has 0 bridgehead atoms. The summed E-state index contributed by atoms with van der Waals surface area (Å²) in [6, 6.07) is 22.3. The van der Waals surface area contributed by atoms with Gasteiger partial charge in [-0.2, -0.15) is 0 Å². The van der Waals surface area contributed by atoms with Crippen LogP contribution in [0.2, 0.25) is 0 Å². The molecule has 8 nitrogen and oxygen atoms in total. The summed E-state index contributed by atoms with van der Waals surface area (Å²) in [5.74, 6) is 0.774. The van der Waals surface area contributed by atoms with Crippen LogP contribution in [0, 0.1) is 0 Å². The number of imidazole rings is 1. The number of rotatable bonds is 9. The molecule has 0 radical (unpaired) electrons. The van der Waals surface area contributed by atoms with Crippen LogP contribution in [-0.4, -0.2) is 33.0 Å². The Kier molecular flexibility index (Phi) is 6.22. The first kappa shape index (κ1) is 21.7. The van der Waals surface area contributed by atoms with E-state index >= 15 is 0 Å². The zero-order valence-corrected chi connectivity index (χ0v) is 18.8. The number of fused-ring (bicyclic) bond motifs is 2. The van der Waals surface area contributed by atoms with Crippen molar-refractivity contribution in [1.82, 2.24) is 25.3 Å². The van der Waals surface area contributed by atoms with E-state index in [-0.39, 0.29) is 11.5 Å². The molecule has 34 heavy (non-hydrogen) atoms. The number of nitrogens with two attached hydrogens (primary N) is 1. The van der Waals surface area contributed by atoms with Crippen LogP contribution in [0.3, 0.4) is 0 Å². The summed E-state index contributed by atoms with van der Waals surface area (Å²) in [5, 5.41) is 7.33. The average Bonchev–Trinajstić information content (AvgIpc) is 3.26. The molecule has 8 heteroatoms. The predicted molar refractivity (Wildman–Crippen MR) is 137 cm³/mol. The number of benzene rings is 3. The molecule has 6 N–H and O–H groups in total. The number of H-pyrrole nitrogens is 2. The molecule has 2 heterocycles. The maximum Gasteiger partial charge on any atom is 0.260 e. The second-order valence-electron chi connectivity index (χ2n) is 8.26. The van der Waals surface area contributed by atoms with Gasteiger partial charge in [0, 0.05) is 18.7 Å². The van der Waals surface area contributed by atoms with Gasteiger partial charge in [0.15, 0.2) is 0 Å². The van der Waals surface area contributed by atoms with Crippen molar-refractivity contribution in [3.05, 3.63) is 93.8 Å². The normalized spacial score (nSPS) is 11.3. The zero-order chi connectivity index (χ0) is 23.3. The Labute approximate surface area is 196 Å². The lowest BCUT2D eigenvalue weighted by molar-refractivity contribution is 0.689. The van der Waals surface area contributed by atoms with Gasteiger partial charge in [-0.15, -0.1) is 0 Å². The SMILES string of the molecule is Nc1nc2c(CCNCc3ccccc3)c3nc(NCCc4ccccc4)[nH]c3cc2c(=O)[nH]1. The van der Waals surface area contributed by atoms with Gasteiger partial charge in [0.05, 0.1) is 21.9 Å². The van der Waals surface area contributed by atoms with Gasteiger partial charge in [-0.1, -0.05) is 60.7 Å². The van der Waals surface area contributed by atoms with E-state index in [1.807, 2.05) is 36.4 Å². The van der Waals surface area contributed by atoms with Crippen molar-refractivity contribution in [3.8, 4) is 0 Å². The molecule has 0 spiro atoms. The number of nitrogens with one attached hydrogen (secondary N) is 4. The van der Waals surface area contributed by atoms with E-state index in [9.17, 15) is 4.79 Å². The molecule has 5 aromatic rings. The predicted octanol–water partition coefficient (Wildman–Crippen LogP) is 3.37. The topological polar surface area (TPSA) is 125 Å². The molecule has 0 saturated carbocycles. The molecule has 2 aromatic heterocycles.